The van der Waals surface area contributed by atoms with E-state index in [0.29, 0.717) is 12.5 Å². The molecule has 6 heteroatoms. The van der Waals surface area contributed by atoms with E-state index < -0.39 is 0 Å². The maximum Gasteiger partial charge on any atom is 0.230 e. The van der Waals surface area contributed by atoms with Crippen molar-refractivity contribution in [1.29, 1.82) is 0 Å². The van der Waals surface area contributed by atoms with Gasteiger partial charge in [-0.1, -0.05) is 12.5 Å². The van der Waals surface area contributed by atoms with Gasteiger partial charge in [0.15, 0.2) is 0 Å². The summed E-state index contributed by atoms with van der Waals surface area (Å²) in [5.74, 6) is 0.714. The Morgan fingerprint density at radius 2 is 2.00 bits per heavy atom. The third kappa shape index (κ3) is 3.34. The van der Waals surface area contributed by atoms with E-state index in [0.717, 1.165) is 55.6 Å². The normalized spacial score (nSPS) is 23.2. The van der Waals surface area contributed by atoms with E-state index in [1.54, 1.807) is 0 Å². The van der Waals surface area contributed by atoms with Gasteiger partial charge in [0.25, 0.3) is 0 Å². The van der Waals surface area contributed by atoms with Crippen LogP contribution in [0.2, 0.25) is 0 Å². The molecular weight excluding hydrogens is 321 g/mol. The Kier molecular flexibility index (Phi) is 6.98. The summed E-state index contributed by atoms with van der Waals surface area (Å²) in [5.41, 5.74) is 14.8. The minimum Gasteiger partial charge on any atom is -0.398 e. The number of fused-ring (bicyclic) bond motifs is 1. The molecule has 2 aliphatic rings. The van der Waals surface area contributed by atoms with Gasteiger partial charge in [0, 0.05) is 23.8 Å². The zero-order valence-corrected chi connectivity index (χ0v) is 14.3. The molecule has 1 aliphatic carbocycles. The van der Waals surface area contributed by atoms with Crippen molar-refractivity contribution in [3.8, 4) is 0 Å². The van der Waals surface area contributed by atoms with Crippen LogP contribution in [0.3, 0.4) is 0 Å². The largest absolute Gasteiger partial charge is 0.398 e. The van der Waals surface area contributed by atoms with Crippen molar-refractivity contribution in [3.63, 3.8) is 0 Å². The second kappa shape index (κ2) is 8.04. The first-order valence-electron chi connectivity index (χ1n) is 7.61. The lowest BCUT2D eigenvalue weighted by Gasteiger charge is -2.33. The number of carbonyl (C=O) groups is 1. The fraction of sp³-hybridized carbons (Fsp3) is 0.562. The van der Waals surface area contributed by atoms with E-state index in [-0.39, 0.29) is 36.6 Å². The molecule has 3 rings (SSSR count). The van der Waals surface area contributed by atoms with Crippen molar-refractivity contribution in [1.82, 2.24) is 0 Å². The number of anilines is 2. The number of carbonyl (C=O) groups excluding carboxylic acids is 1. The van der Waals surface area contributed by atoms with Crippen molar-refractivity contribution >= 4 is 42.1 Å². The van der Waals surface area contributed by atoms with Gasteiger partial charge in [0.05, 0.1) is 0 Å². The van der Waals surface area contributed by atoms with Gasteiger partial charge in [-0.05, 0) is 55.8 Å². The summed E-state index contributed by atoms with van der Waals surface area (Å²) in [5, 5.41) is 0. The summed E-state index contributed by atoms with van der Waals surface area (Å²) in [6, 6.07) is 5.88. The molecule has 22 heavy (non-hydrogen) atoms. The van der Waals surface area contributed by atoms with Gasteiger partial charge in [-0.15, -0.1) is 24.8 Å². The molecule has 1 fully saturated rings. The Morgan fingerprint density at radius 1 is 1.23 bits per heavy atom. The predicted octanol–water partition coefficient (Wildman–Crippen LogP) is 2.77. The van der Waals surface area contributed by atoms with Gasteiger partial charge in [-0.2, -0.15) is 0 Å². The van der Waals surface area contributed by atoms with Crippen LogP contribution >= 0.6 is 24.8 Å². The smallest absolute Gasteiger partial charge is 0.230 e. The zero-order valence-electron chi connectivity index (χ0n) is 12.7. The highest BCUT2D eigenvalue weighted by Crippen LogP contribution is 2.37. The molecule has 0 saturated heterocycles. The highest BCUT2D eigenvalue weighted by atomic mass is 35.5. The number of amides is 1. The highest BCUT2D eigenvalue weighted by molar-refractivity contribution is 5.97. The molecule has 4 nitrogen and oxygen atoms in total. The van der Waals surface area contributed by atoms with Crippen LogP contribution in [-0.2, 0) is 11.2 Å². The first kappa shape index (κ1) is 19.1. The highest BCUT2D eigenvalue weighted by Gasteiger charge is 2.36. The fourth-order valence-electron chi connectivity index (χ4n) is 3.72. The minimum atomic E-state index is 0. The van der Waals surface area contributed by atoms with Crippen molar-refractivity contribution in [3.05, 3.63) is 23.8 Å². The van der Waals surface area contributed by atoms with Crippen LogP contribution in [0.25, 0.3) is 0 Å². The summed E-state index contributed by atoms with van der Waals surface area (Å²) in [6.07, 6.45) is 5.15. The lowest BCUT2D eigenvalue weighted by molar-refractivity contribution is -0.123. The van der Waals surface area contributed by atoms with Gasteiger partial charge >= 0.3 is 0 Å². The number of nitrogens with two attached hydrogens (primary N) is 2. The molecule has 0 bridgehead atoms. The molecule has 1 aliphatic heterocycles. The van der Waals surface area contributed by atoms with Crippen LogP contribution in [0.15, 0.2) is 18.2 Å². The molecule has 0 unspecified atom stereocenters. The van der Waals surface area contributed by atoms with Crippen LogP contribution in [-0.4, -0.2) is 19.0 Å². The van der Waals surface area contributed by atoms with Crippen molar-refractivity contribution in [2.24, 2.45) is 17.6 Å². The summed E-state index contributed by atoms with van der Waals surface area (Å²) in [4.78, 5) is 14.8. The monoisotopic (exact) mass is 345 g/mol. The topological polar surface area (TPSA) is 72.4 Å². The van der Waals surface area contributed by atoms with Crippen LogP contribution in [0.4, 0.5) is 11.4 Å². The molecule has 1 amide bonds. The predicted molar refractivity (Wildman–Crippen MR) is 95.9 cm³/mol. The average Bonchev–Trinajstić information content (AvgIpc) is 2.95. The number of hydrogen-bond donors (Lipinski definition) is 2. The van der Waals surface area contributed by atoms with Crippen molar-refractivity contribution in [2.75, 3.05) is 23.7 Å². The summed E-state index contributed by atoms with van der Waals surface area (Å²) in [7, 11) is 0. The summed E-state index contributed by atoms with van der Waals surface area (Å²) >= 11 is 0. The maximum atomic E-state index is 12.9. The van der Waals surface area contributed by atoms with Gasteiger partial charge < -0.3 is 16.4 Å². The van der Waals surface area contributed by atoms with Gasteiger partial charge in [0.1, 0.15) is 0 Å². The summed E-state index contributed by atoms with van der Waals surface area (Å²) in [6.45, 7) is 1.43. The van der Waals surface area contributed by atoms with Gasteiger partial charge in [-0.25, -0.2) is 0 Å². The Hall–Kier alpha value is -0.970. The molecule has 4 N–H and O–H groups in total. The van der Waals surface area contributed by atoms with Crippen molar-refractivity contribution in [2.45, 2.75) is 32.1 Å². The molecule has 124 valence electrons. The van der Waals surface area contributed by atoms with E-state index in [2.05, 4.69) is 0 Å². The molecule has 1 aromatic rings. The Balaban J connectivity index is 0.00000121. The fourth-order valence-corrected chi connectivity index (χ4v) is 3.72. The third-order valence-corrected chi connectivity index (χ3v) is 4.83. The van der Waals surface area contributed by atoms with E-state index in [4.69, 9.17) is 11.5 Å². The Bertz CT molecular complexity index is 524. The van der Waals surface area contributed by atoms with Gasteiger partial charge in [-0.3, -0.25) is 4.79 Å². The second-order valence-corrected chi connectivity index (χ2v) is 5.97. The van der Waals surface area contributed by atoms with Crippen molar-refractivity contribution < 1.29 is 4.79 Å². The first-order valence-corrected chi connectivity index (χ1v) is 7.61. The lowest BCUT2D eigenvalue weighted by Crippen LogP contribution is -2.42. The minimum absolute atomic E-state index is 0. The number of nitrogens with zero attached hydrogens (tertiary/aromatic N) is 1. The molecule has 1 aromatic carbocycles. The standard InChI is InChI=1S/C16H23N3O.2ClH/c17-10-11-4-1-5-12(11)16(20)19-9-3-6-13-14(18)7-2-8-15(13)19;;/h2,7-8,11-12H,1,3-6,9-10,17-18H2;2*1H/t11-,12-;;/m1../s1. The van der Waals surface area contributed by atoms with E-state index in [1.807, 2.05) is 23.1 Å². The molecule has 2 atom stereocenters. The first-order chi connectivity index (χ1) is 9.72. The van der Waals surface area contributed by atoms with E-state index >= 15 is 0 Å². The number of halogens is 2. The van der Waals surface area contributed by atoms with Crippen LogP contribution in [0.1, 0.15) is 31.2 Å². The van der Waals surface area contributed by atoms with E-state index in [1.165, 1.54) is 0 Å². The number of rotatable bonds is 2. The summed E-state index contributed by atoms with van der Waals surface area (Å²) < 4.78 is 0. The van der Waals surface area contributed by atoms with Crippen LogP contribution in [0.5, 0.6) is 0 Å². The number of benzene rings is 1. The maximum absolute atomic E-state index is 12.9. The Labute approximate surface area is 144 Å². The molecule has 0 aromatic heterocycles. The average molecular weight is 346 g/mol. The quantitative estimate of drug-likeness (QED) is 0.809. The van der Waals surface area contributed by atoms with Crippen LogP contribution in [0, 0.1) is 11.8 Å². The van der Waals surface area contributed by atoms with E-state index in [9.17, 15) is 4.79 Å². The van der Waals surface area contributed by atoms with Crippen LogP contribution < -0.4 is 16.4 Å². The third-order valence-electron chi connectivity index (χ3n) is 4.83. The SMILES string of the molecule is Cl.Cl.NC[C@H]1CCC[C@H]1C(=O)N1CCCc2c(N)cccc21. The van der Waals surface area contributed by atoms with Gasteiger partial charge in [0.2, 0.25) is 5.91 Å². The second-order valence-electron chi connectivity index (χ2n) is 5.97. The molecule has 0 spiro atoms. The molecule has 0 radical (unpaired) electrons. The molecule has 1 saturated carbocycles. The number of hydrogen-bond acceptors (Lipinski definition) is 3. The number of nitrogen functional groups attached to an aromatic ring is 1. The Morgan fingerprint density at radius 3 is 2.73 bits per heavy atom. The lowest BCUT2D eigenvalue weighted by atomic mass is 9.92. The zero-order chi connectivity index (χ0) is 14.1. The molecule has 1 heterocycles. The molecular formula is C16H25Cl2N3O.